The second kappa shape index (κ2) is 6.72. The molecule has 1 heterocycles. The number of carbonyl (C=O) groups excluding carboxylic acids is 1. The second-order valence-corrected chi connectivity index (χ2v) is 6.31. The van der Waals surface area contributed by atoms with Gasteiger partial charge in [-0.1, -0.05) is 12.2 Å². The molecule has 0 saturated carbocycles. The van der Waals surface area contributed by atoms with Gasteiger partial charge >= 0.3 is 0 Å². The molecule has 2 rings (SSSR count). The fraction of sp³-hybridized carbons (Fsp3) is 0.583. The molecule has 0 aromatic rings. The number of primary amides is 1. The molecule has 2 aliphatic rings. The first-order chi connectivity index (χ1) is 8.83. The lowest BCUT2D eigenvalue weighted by Gasteiger charge is -2.32. The summed E-state index contributed by atoms with van der Waals surface area (Å²) < 4.78 is 26.9. The van der Waals surface area contributed by atoms with Crippen molar-refractivity contribution < 1.29 is 17.8 Å². The maximum Gasteiger partial charge on any atom is 0.264 e. The van der Waals surface area contributed by atoms with Crippen LogP contribution in [0.4, 0.5) is 0 Å². The zero-order chi connectivity index (χ0) is 14.5. The number of amides is 1. The molecule has 7 heteroatoms. The van der Waals surface area contributed by atoms with Crippen LogP contribution in [0.15, 0.2) is 23.9 Å². The Hall–Kier alpha value is -1.34. The van der Waals surface area contributed by atoms with Crippen molar-refractivity contribution in [2.75, 3.05) is 12.3 Å². The predicted octanol–water partition coefficient (Wildman–Crippen LogP) is 0.435. The summed E-state index contributed by atoms with van der Waals surface area (Å²) in [5.41, 5.74) is 6.54. The fourth-order valence-corrected chi connectivity index (χ4v) is 1.99. The van der Waals surface area contributed by atoms with Crippen LogP contribution >= 0.6 is 0 Å². The zero-order valence-electron chi connectivity index (χ0n) is 10.9. The largest absolute Gasteiger partial charge is 0.387 e. The van der Waals surface area contributed by atoms with Crippen molar-refractivity contribution in [3.05, 3.63) is 23.9 Å². The van der Waals surface area contributed by atoms with Gasteiger partial charge in [0.25, 0.3) is 10.1 Å². The van der Waals surface area contributed by atoms with Gasteiger partial charge in [-0.25, -0.2) is 0 Å². The van der Waals surface area contributed by atoms with Crippen molar-refractivity contribution in [1.29, 1.82) is 0 Å². The lowest BCUT2D eigenvalue weighted by Crippen LogP contribution is -2.41. The standard InChI is InChI=1S/C10H14N2O.C2H6O3S/c11-10(13)8-5-7-3-1-2-4-9(7)12-6-8;1-2-6(3,4)5/h1-2,4,7-8,12H,3,5-6H2,(H2,11,13);2H2,1H3,(H,3,4,5). The first-order valence-electron chi connectivity index (χ1n) is 6.18. The molecule has 0 radical (unpaired) electrons. The van der Waals surface area contributed by atoms with Crippen molar-refractivity contribution >= 4 is 16.0 Å². The Labute approximate surface area is 113 Å². The van der Waals surface area contributed by atoms with E-state index in [0.29, 0.717) is 12.5 Å². The van der Waals surface area contributed by atoms with Crippen LogP contribution in [0.1, 0.15) is 19.8 Å². The molecule has 1 amide bonds. The Morgan fingerprint density at radius 2 is 2.21 bits per heavy atom. The molecular formula is C12H20N2O4S. The third-order valence-electron chi connectivity index (χ3n) is 3.16. The molecule has 0 aromatic heterocycles. The highest BCUT2D eigenvalue weighted by Crippen LogP contribution is 2.29. The van der Waals surface area contributed by atoms with Gasteiger partial charge in [0.1, 0.15) is 0 Å². The van der Waals surface area contributed by atoms with Crippen LogP contribution in [0.3, 0.4) is 0 Å². The maximum atomic E-state index is 11.0. The molecule has 2 unspecified atom stereocenters. The predicted molar refractivity (Wildman–Crippen MR) is 72.7 cm³/mol. The number of nitrogens with one attached hydrogen (secondary N) is 1. The summed E-state index contributed by atoms with van der Waals surface area (Å²) in [6, 6.07) is 0. The topological polar surface area (TPSA) is 109 Å². The Kier molecular flexibility index (Phi) is 5.56. The number of allylic oxidation sites excluding steroid dienone is 4. The van der Waals surface area contributed by atoms with E-state index in [-0.39, 0.29) is 17.6 Å². The number of fused-ring (bicyclic) bond motifs is 1. The maximum absolute atomic E-state index is 11.0. The molecule has 0 aromatic carbocycles. The summed E-state index contributed by atoms with van der Waals surface area (Å²) in [6.45, 7) is 2.07. The first-order valence-corrected chi connectivity index (χ1v) is 7.79. The molecule has 1 fully saturated rings. The highest BCUT2D eigenvalue weighted by molar-refractivity contribution is 7.85. The molecule has 6 nitrogen and oxygen atoms in total. The van der Waals surface area contributed by atoms with E-state index in [2.05, 4.69) is 23.5 Å². The summed E-state index contributed by atoms with van der Waals surface area (Å²) in [5, 5.41) is 3.26. The molecule has 108 valence electrons. The van der Waals surface area contributed by atoms with E-state index in [1.54, 1.807) is 0 Å². The normalized spacial score (nSPS) is 25.3. The number of nitrogens with two attached hydrogens (primary N) is 1. The highest BCUT2D eigenvalue weighted by Gasteiger charge is 2.28. The van der Waals surface area contributed by atoms with Gasteiger partial charge in [-0.15, -0.1) is 0 Å². The average Bonchev–Trinajstić information content (AvgIpc) is 2.38. The average molecular weight is 288 g/mol. The molecule has 19 heavy (non-hydrogen) atoms. The van der Waals surface area contributed by atoms with Crippen LogP contribution in [0, 0.1) is 11.8 Å². The number of piperidine rings is 1. The molecule has 0 spiro atoms. The van der Waals surface area contributed by atoms with Gasteiger partial charge in [0.15, 0.2) is 0 Å². The molecular weight excluding hydrogens is 268 g/mol. The monoisotopic (exact) mass is 288 g/mol. The minimum Gasteiger partial charge on any atom is -0.387 e. The van der Waals surface area contributed by atoms with Crippen molar-refractivity contribution in [2.45, 2.75) is 19.8 Å². The van der Waals surface area contributed by atoms with Crippen molar-refractivity contribution in [3.63, 3.8) is 0 Å². The lowest BCUT2D eigenvalue weighted by atomic mass is 9.83. The fourth-order valence-electron chi connectivity index (χ4n) is 1.99. The van der Waals surface area contributed by atoms with Crippen molar-refractivity contribution in [3.8, 4) is 0 Å². The summed E-state index contributed by atoms with van der Waals surface area (Å²) in [4.78, 5) is 11.0. The first kappa shape index (κ1) is 15.7. The minimum absolute atomic E-state index is 0.00801. The summed E-state index contributed by atoms with van der Waals surface area (Å²) in [7, 11) is -3.66. The van der Waals surface area contributed by atoms with Gasteiger partial charge in [-0.2, -0.15) is 8.42 Å². The van der Waals surface area contributed by atoms with Crippen LogP contribution in [-0.4, -0.2) is 31.2 Å². The summed E-state index contributed by atoms with van der Waals surface area (Å²) >= 11 is 0. The molecule has 1 aliphatic carbocycles. The van der Waals surface area contributed by atoms with E-state index >= 15 is 0 Å². The number of hydrogen-bond donors (Lipinski definition) is 3. The van der Waals surface area contributed by atoms with Gasteiger partial charge in [-0.3, -0.25) is 9.35 Å². The van der Waals surface area contributed by atoms with Crippen LogP contribution in [0.25, 0.3) is 0 Å². The Morgan fingerprint density at radius 1 is 1.58 bits per heavy atom. The number of carbonyl (C=O) groups is 1. The van der Waals surface area contributed by atoms with Gasteiger partial charge in [0.2, 0.25) is 5.91 Å². The van der Waals surface area contributed by atoms with Crippen LogP contribution in [0.2, 0.25) is 0 Å². The van der Waals surface area contributed by atoms with E-state index in [9.17, 15) is 13.2 Å². The van der Waals surface area contributed by atoms with E-state index in [1.165, 1.54) is 12.6 Å². The Balaban J connectivity index is 0.000000258. The Morgan fingerprint density at radius 3 is 2.74 bits per heavy atom. The molecule has 1 saturated heterocycles. The number of hydrogen-bond acceptors (Lipinski definition) is 4. The van der Waals surface area contributed by atoms with E-state index < -0.39 is 10.1 Å². The van der Waals surface area contributed by atoms with Gasteiger partial charge < -0.3 is 11.1 Å². The van der Waals surface area contributed by atoms with Gasteiger partial charge in [0, 0.05) is 18.2 Å². The smallest absolute Gasteiger partial charge is 0.264 e. The highest BCUT2D eigenvalue weighted by atomic mass is 32.2. The minimum atomic E-state index is -3.66. The molecule has 4 N–H and O–H groups in total. The summed E-state index contributed by atoms with van der Waals surface area (Å²) in [5.74, 6) is 0.110. The van der Waals surface area contributed by atoms with E-state index in [1.807, 2.05) is 0 Å². The van der Waals surface area contributed by atoms with Crippen molar-refractivity contribution in [1.82, 2.24) is 5.32 Å². The molecule has 0 bridgehead atoms. The van der Waals surface area contributed by atoms with Gasteiger partial charge in [-0.05, 0) is 25.8 Å². The number of rotatable bonds is 2. The van der Waals surface area contributed by atoms with Crippen LogP contribution in [-0.2, 0) is 14.9 Å². The van der Waals surface area contributed by atoms with Crippen LogP contribution < -0.4 is 11.1 Å². The lowest BCUT2D eigenvalue weighted by molar-refractivity contribution is -0.122. The molecule has 1 aliphatic heterocycles. The third-order valence-corrected chi connectivity index (χ3v) is 3.89. The van der Waals surface area contributed by atoms with Gasteiger partial charge in [0.05, 0.1) is 11.7 Å². The Bertz CT molecular complexity index is 482. The zero-order valence-corrected chi connectivity index (χ0v) is 11.7. The SMILES string of the molecule is CCS(=O)(=O)O.NC(=O)C1CNC2=CC=CCC2C1. The van der Waals surface area contributed by atoms with Crippen LogP contribution in [0.5, 0.6) is 0 Å². The van der Waals surface area contributed by atoms with Crippen molar-refractivity contribution in [2.24, 2.45) is 17.6 Å². The quantitative estimate of drug-likeness (QED) is 0.639. The second-order valence-electron chi connectivity index (χ2n) is 4.57. The molecule has 2 atom stereocenters. The third kappa shape index (κ3) is 5.44. The van der Waals surface area contributed by atoms with E-state index in [4.69, 9.17) is 10.3 Å². The summed E-state index contributed by atoms with van der Waals surface area (Å²) in [6.07, 6.45) is 8.22. The van der Waals surface area contributed by atoms with E-state index in [0.717, 1.165) is 12.8 Å².